The minimum absolute atomic E-state index is 0.197. The lowest BCUT2D eigenvalue weighted by Crippen LogP contribution is -2.34. The summed E-state index contributed by atoms with van der Waals surface area (Å²) < 4.78 is 26.8. The predicted molar refractivity (Wildman–Crippen MR) is 69.7 cm³/mol. The molecule has 1 aliphatic carbocycles. The van der Waals surface area contributed by atoms with E-state index in [2.05, 4.69) is 24.0 Å². The van der Waals surface area contributed by atoms with Gasteiger partial charge in [0.05, 0.1) is 11.9 Å². The van der Waals surface area contributed by atoms with E-state index in [4.69, 9.17) is 0 Å². The number of nitrogens with zero attached hydrogens (tertiary/aromatic N) is 2. The topological polar surface area (TPSA) is 66.1 Å². The summed E-state index contributed by atoms with van der Waals surface area (Å²) in [6.45, 7) is 6.57. The largest absolute Gasteiger partial charge is 0.281 e. The molecule has 0 aromatic carbocycles. The molecule has 0 atom stereocenters. The van der Waals surface area contributed by atoms with Crippen molar-refractivity contribution in [1.29, 1.82) is 0 Å². The van der Waals surface area contributed by atoms with E-state index >= 15 is 0 Å². The minimum Gasteiger partial charge on any atom is -0.281 e. The van der Waals surface area contributed by atoms with Gasteiger partial charge in [0.2, 0.25) is 10.0 Å². The Kier molecular flexibility index (Phi) is 3.77. The van der Waals surface area contributed by atoms with E-state index in [1.165, 1.54) is 6.20 Å². The van der Waals surface area contributed by atoms with Gasteiger partial charge in [0, 0.05) is 12.6 Å². The van der Waals surface area contributed by atoms with Crippen molar-refractivity contribution in [3.63, 3.8) is 0 Å². The lowest BCUT2D eigenvalue weighted by molar-refractivity contribution is 0.373. The Morgan fingerprint density at radius 2 is 2.17 bits per heavy atom. The summed E-state index contributed by atoms with van der Waals surface area (Å²) in [5.41, 5.74) is 0.616. The Balaban J connectivity index is 2.22. The van der Waals surface area contributed by atoms with Crippen molar-refractivity contribution in [2.75, 3.05) is 6.54 Å². The minimum atomic E-state index is -3.38. The van der Waals surface area contributed by atoms with Crippen LogP contribution in [0.3, 0.4) is 0 Å². The highest BCUT2D eigenvalue weighted by Crippen LogP contribution is 2.33. The first-order valence-corrected chi connectivity index (χ1v) is 7.88. The van der Waals surface area contributed by atoms with Crippen molar-refractivity contribution in [3.05, 3.63) is 11.9 Å². The van der Waals surface area contributed by atoms with Gasteiger partial charge in [-0.3, -0.25) is 5.10 Å². The number of hydrogen-bond acceptors (Lipinski definition) is 3. The number of rotatable bonds is 6. The van der Waals surface area contributed by atoms with E-state index in [0.29, 0.717) is 23.1 Å². The molecule has 1 fully saturated rings. The third-order valence-corrected chi connectivity index (χ3v) is 5.32. The van der Waals surface area contributed by atoms with Crippen LogP contribution in [0.4, 0.5) is 0 Å². The van der Waals surface area contributed by atoms with Crippen LogP contribution < -0.4 is 0 Å². The monoisotopic (exact) mass is 271 g/mol. The molecule has 2 rings (SSSR count). The summed E-state index contributed by atoms with van der Waals surface area (Å²) in [5.74, 6) is 0.506. The van der Waals surface area contributed by atoms with Crippen molar-refractivity contribution in [1.82, 2.24) is 14.5 Å². The van der Waals surface area contributed by atoms with Crippen LogP contribution >= 0.6 is 0 Å². The zero-order valence-corrected chi connectivity index (χ0v) is 12.0. The number of hydrogen-bond donors (Lipinski definition) is 1. The average Bonchev–Trinajstić information content (AvgIpc) is 2.99. The molecule has 0 unspecified atom stereocenters. The Morgan fingerprint density at radius 1 is 1.50 bits per heavy atom. The number of aromatic nitrogens is 2. The zero-order chi connectivity index (χ0) is 13.3. The van der Waals surface area contributed by atoms with E-state index in [-0.39, 0.29) is 6.04 Å². The maximum atomic E-state index is 12.6. The van der Waals surface area contributed by atoms with E-state index in [0.717, 1.165) is 19.3 Å². The van der Waals surface area contributed by atoms with Gasteiger partial charge in [-0.1, -0.05) is 13.8 Å². The fourth-order valence-electron chi connectivity index (χ4n) is 1.97. The highest BCUT2D eigenvalue weighted by molar-refractivity contribution is 7.89. The maximum Gasteiger partial charge on any atom is 0.246 e. The summed E-state index contributed by atoms with van der Waals surface area (Å²) in [4.78, 5) is 0.318. The normalized spacial score (nSPS) is 16.7. The molecule has 5 nitrogen and oxygen atoms in total. The van der Waals surface area contributed by atoms with Gasteiger partial charge in [0.15, 0.2) is 0 Å². The van der Waals surface area contributed by atoms with Crippen molar-refractivity contribution in [2.45, 2.75) is 51.0 Å². The molecule has 1 aliphatic rings. The first-order valence-electron chi connectivity index (χ1n) is 6.44. The Labute approximate surface area is 109 Å². The maximum absolute atomic E-state index is 12.6. The van der Waals surface area contributed by atoms with Gasteiger partial charge in [0.25, 0.3) is 0 Å². The molecule has 0 saturated heterocycles. The molecule has 1 N–H and O–H groups in total. The molecule has 0 amide bonds. The van der Waals surface area contributed by atoms with Crippen LogP contribution in [-0.4, -0.2) is 35.5 Å². The fraction of sp³-hybridized carbons (Fsp3) is 0.750. The van der Waals surface area contributed by atoms with Crippen LogP contribution in [0.5, 0.6) is 0 Å². The molecule has 1 saturated carbocycles. The van der Waals surface area contributed by atoms with Gasteiger partial charge in [0.1, 0.15) is 4.90 Å². The second kappa shape index (κ2) is 5.01. The molecule has 0 radical (unpaired) electrons. The Bertz CT molecular complexity index is 503. The van der Waals surface area contributed by atoms with Gasteiger partial charge in [-0.05, 0) is 32.1 Å². The smallest absolute Gasteiger partial charge is 0.246 e. The molecule has 0 spiro atoms. The molecule has 1 heterocycles. The molecule has 6 heteroatoms. The molecular formula is C12H21N3O2S. The third-order valence-electron chi connectivity index (χ3n) is 3.25. The quantitative estimate of drug-likeness (QED) is 0.859. The fourth-order valence-corrected chi connectivity index (χ4v) is 3.79. The standard InChI is InChI=1S/C12H21N3O2S/c1-9(2)6-7-15(11-4-5-11)18(16,17)12-8-13-14-10(12)3/h8-9,11H,4-7H2,1-3H3,(H,13,14). The van der Waals surface area contributed by atoms with E-state index in [9.17, 15) is 8.42 Å². The first-order chi connectivity index (χ1) is 8.43. The van der Waals surface area contributed by atoms with Crippen molar-refractivity contribution in [2.24, 2.45) is 5.92 Å². The second-order valence-electron chi connectivity index (χ2n) is 5.39. The number of H-pyrrole nitrogens is 1. The van der Waals surface area contributed by atoms with Crippen LogP contribution in [0.25, 0.3) is 0 Å². The highest BCUT2D eigenvalue weighted by atomic mass is 32.2. The van der Waals surface area contributed by atoms with E-state index < -0.39 is 10.0 Å². The molecule has 0 bridgehead atoms. The number of sulfonamides is 1. The van der Waals surface area contributed by atoms with Crippen LogP contribution in [0.1, 0.15) is 38.8 Å². The summed E-state index contributed by atoms with van der Waals surface area (Å²) >= 11 is 0. The average molecular weight is 271 g/mol. The molecule has 1 aromatic heterocycles. The van der Waals surface area contributed by atoms with Gasteiger partial charge >= 0.3 is 0 Å². The van der Waals surface area contributed by atoms with Gasteiger partial charge in [-0.25, -0.2) is 8.42 Å². The number of aromatic amines is 1. The third kappa shape index (κ3) is 2.75. The summed E-state index contributed by atoms with van der Waals surface area (Å²) in [5, 5.41) is 6.51. The first kappa shape index (κ1) is 13.5. The van der Waals surface area contributed by atoms with E-state index in [1.54, 1.807) is 11.2 Å². The Hall–Kier alpha value is -0.880. The molecule has 0 aliphatic heterocycles. The lowest BCUT2D eigenvalue weighted by atomic mass is 10.1. The number of aryl methyl sites for hydroxylation is 1. The van der Waals surface area contributed by atoms with Crippen LogP contribution in [0.15, 0.2) is 11.1 Å². The van der Waals surface area contributed by atoms with Crippen LogP contribution in [0, 0.1) is 12.8 Å². The predicted octanol–water partition coefficient (Wildman–Crippen LogP) is 1.92. The molecule has 102 valence electrons. The summed E-state index contributed by atoms with van der Waals surface area (Å²) in [7, 11) is -3.38. The molecular weight excluding hydrogens is 250 g/mol. The van der Waals surface area contributed by atoms with Crippen molar-refractivity contribution < 1.29 is 8.42 Å². The zero-order valence-electron chi connectivity index (χ0n) is 11.2. The van der Waals surface area contributed by atoms with Gasteiger partial charge in [-0.2, -0.15) is 9.40 Å². The van der Waals surface area contributed by atoms with E-state index in [1.807, 2.05) is 0 Å². The van der Waals surface area contributed by atoms with Gasteiger partial charge in [-0.15, -0.1) is 0 Å². The van der Waals surface area contributed by atoms with Gasteiger partial charge < -0.3 is 0 Å². The summed E-state index contributed by atoms with van der Waals surface area (Å²) in [6, 6.07) is 0.197. The molecule has 1 aromatic rings. The van der Waals surface area contributed by atoms with Crippen molar-refractivity contribution in [3.8, 4) is 0 Å². The second-order valence-corrected chi connectivity index (χ2v) is 7.25. The highest BCUT2D eigenvalue weighted by Gasteiger charge is 2.38. The van der Waals surface area contributed by atoms with Crippen LogP contribution in [0.2, 0.25) is 0 Å². The SMILES string of the molecule is Cc1[nH]ncc1S(=O)(=O)N(CCC(C)C)C1CC1. The van der Waals surface area contributed by atoms with Crippen LogP contribution in [-0.2, 0) is 10.0 Å². The lowest BCUT2D eigenvalue weighted by Gasteiger charge is -2.22. The van der Waals surface area contributed by atoms with Crippen molar-refractivity contribution >= 4 is 10.0 Å². The molecule has 18 heavy (non-hydrogen) atoms. The summed E-state index contributed by atoms with van der Waals surface area (Å²) in [6.07, 6.45) is 4.27. The Morgan fingerprint density at radius 3 is 2.61 bits per heavy atom. The number of nitrogens with one attached hydrogen (secondary N) is 1.